The molecule has 1 heterocycles. The molecule has 0 N–H and O–H groups in total. The van der Waals surface area contributed by atoms with Gasteiger partial charge in [0.05, 0.1) is 0 Å². The Hall–Kier alpha value is -1.01. The number of rotatable bonds is 4. The van der Waals surface area contributed by atoms with Crippen molar-refractivity contribution in [2.45, 2.75) is 56.6 Å². The molecule has 0 spiro atoms. The van der Waals surface area contributed by atoms with Gasteiger partial charge in [-0.2, -0.15) is 0 Å². The first-order valence-electron chi connectivity index (χ1n) is 6.77. The summed E-state index contributed by atoms with van der Waals surface area (Å²) in [6.07, 6.45) is 6.35. The van der Waals surface area contributed by atoms with Crippen molar-refractivity contribution < 1.29 is 17.9 Å². The molecule has 7 heteroatoms. The SMILES string of the molecule is CCn1cc(S(=O)(=O)Cl)cc1C(=O)OC1CCCCC1. The molecule has 1 saturated carbocycles. The lowest BCUT2D eigenvalue weighted by Gasteiger charge is -2.21. The Balaban J connectivity index is 2.18. The number of ether oxygens (including phenoxy) is 1. The van der Waals surface area contributed by atoms with E-state index in [0.29, 0.717) is 6.54 Å². The van der Waals surface area contributed by atoms with Gasteiger partial charge >= 0.3 is 5.97 Å². The number of aryl methyl sites for hydroxylation is 1. The number of hydrogen-bond donors (Lipinski definition) is 0. The van der Waals surface area contributed by atoms with E-state index >= 15 is 0 Å². The molecular formula is C13H18ClNO4S. The van der Waals surface area contributed by atoms with Crippen LogP contribution in [0.3, 0.4) is 0 Å². The van der Waals surface area contributed by atoms with Crippen LogP contribution in [-0.2, 0) is 20.3 Å². The Morgan fingerprint density at radius 2 is 2.05 bits per heavy atom. The van der Waals surface area contributed by atoms with E-state index < -0.39 is 15.0 Å². The van der Waals surface area contributed by atoms with Crippen LogP contribution in [0.2, 0.25) is 0 Å². The van der Waals surface area contributed by atoms with E-state index in [4.69, 9.17) is 15.4 Å². The molecule has 112 valence electrons. The van der Waals surface area contributed by atoms with Gasteiger partial charge in [0.15, 0.2) is 0 Å². The second-order valence-corrected chi connectivity index (χ2v) is 7.52. The van der Waals surface area contributed by atoms with Gasteiger partial charge in [-0.25, -0.2) is 13.2 Å². The van der Waals surface area contributed by atoms with E-state index in [0.717, 1.165) is 25.7 Å². The number of halogens is 1. The molecule has 0 radical (unpaired) electrons. The Bertz CT molecular complexity index is 588. The van der Waals surface area contributed by atoms with Crippen molar-refractivity contribution >= 4 is 25.7 Å². The second-order valence-electron chi connectivity index (χ2n) is 4.95. The smallest absolute Gasteiger partial charge is 0.355 e. The van der Waals surface area contributed by atoms with Gasteiger partial charge < -0.3 is 9.30 Å². The second kappa shape index (κ2) is 6.18. The van der Waals surface area contributed by atoms with Crippen molar-refractivity contribution in [3.05, 3.63) is 18.0 Å². The van der Waals surface area contributed by atoms with Crippen LogP contribution in [0.5, 0.6) is 0 Å². The fourth-order valence-corrected chi connectivity index (χ4v) is 3.20. The molecule has 0 bridgehead atoms. The number of hydrogen-bond acceptors (Lipinski definition) is 4. The maximum atomic E-state index is 12.2. The topological polar surface area (TPSA) is 65.4 Å². The van der Waals surface area contributed by atoms with Crippen LogP contribution >= 0.6 is 10.7 Å². The minimum absolute atomic E-state index is 0.0625. The summed E-state index contributed by atoms with van der Waals surface area (Å²) in [4.78, 5) is 12.1. The van der Waals surface area contributed by atoms with Crippen LogP contribution in [0.15, 0.2) is 17.2 Å². The summed E-state index contributed by atoms with van der Waals surface area (Å²) in [7, 11) is 1.47. The quantitative estimate of drug-likeness (QED) is 0.632. The zero-order chi connectivity index (χ0) is 14.8. The molecule has 0 atom stereocenters. The van der Waals surface area contributed by atoms with Crippen LogP contribution in [0.25, 0.3) is 0 Å². The van der Waals surface area contributed by atoms with Crippen molar-refractivity contribution in [2.24, 2.45) is 0 Å². The zero-order valence-electron chi connectivity index (χ0n) is 11.3. The van der Waals surface area contributed by atoms with E-state index in [-0.39, 0.29) is 16.7 Å². The highest BCUT2D eigenvalue weighted by Gasteiger charge is 2.23. The average molecular weight is 320 g/mol. The van der Waals surface area contributed by atoms with Gasteiger partial charge in [-0.1, -0.05) is 6.42 Å². The molecular weight excluding hydrogens is 302 g/mol. The molecule has 0 aliphatic heterocycles. The molecule has 20 heavy (non-hydrogen) atoms. The van der Waals surface area contributed by atoms with Gasteiger partial charge in [-0.05, 0) is 38.7 Å². The number of carbonyl (C=O) groups excluding carboxylic acids is 1. The first kappa shape index (κ1) is 15.4. The van der Waals surface area contributed by atoms with Crippen LogP contribution in [0.4, 0.5) is 0 Å². The molecule has 1 aliphatic carbocycles. The van der Waals surface area contributed by atoms with E-state index in [1.165, 1.54) is 18.7 Å². The fraction of sp³-hybridized carbons (Fsp3) is 0.615. The lowest BCUT2D eigenvalue weighted by Crippen LogP contribution is -2.22. The predicted octanol–water partition coefficient (Wildman–Crippen LogP) is 2.93. The van der Waals surface area contributed by atoms with E-state index in [9.17, 15) is 13.2 Å². The summed E-state index contributed by atoms with van der Waals surface area (Å²) in [5, 5.41) is 0. The van der Waals surface area contributed by atoms with E-state index in [1.807, 2.05) is 6.92 Å². The Morgan fingerprint density at radius 1 is 1.40 bits per heavy atom. The minimum atomic E-state index is -3.84. The molecule has 0 amide bonds. The Labute approximate surface area is 123 Å². The van der Waals surface area contributed by atoms with Gasteiger partial charge in [-0.3, -0.25) is 0 Å². The average Bonchev–Trinajstić information content (AvgIpc) is 2.84. The van der Waals surface area contributed by atoms with Crippen molar-refractivity contribution in [2.75, 3.05) is 0 Å². The van der Waals surface area contributed by atoms with Gasteiger partial charge in [-0.15, -0.1) is 0 Å². The molecule has 1 aliphatic rings. The van der Waals surface area contributed by atoms with E-state index in [2.05, 4.69) is 0 Å². The number of esters is 1. The van der Waals surface area contributed by atoms with Crippen molar-refractivity contribution in [1.29, 1.82) is 0 Å². The largest absolute Gasteiger partial charge is 0.458 e. The molecule has 1 fully saturated rings. The highest BCUT2D eigenvalue weighted by Crippen LogP contribution is 2.23. The third-order valence-corrected chi connectivity index (χ3v) is 4.85. The standard InChI is InChI=1S/C13H18ClNO4S/c1-2-15-9-11(20(14,17)18)8-12(15)13(16)19-10-6-4-3-5-7-10/h8-10H,2-7H2,1H3. The number of carbonyl (C=O) groups is 1. The van der Waals surface area contributed by atoms with Crippen LogP contribution in [0.1, 0.15) is 49.5 Å². The first-order valence-corrected chi connectivity index (χ1v) is 9.08. The van der Waals surface area contributed by atoms with Gasteiger partial charge in [0.1, 0.15) is 16.7 Å². The Kier molecular flexibility index (Phi) is 4.75. The minimum Gasteiger partial charge on any atom is -0.458 e. The fourth-order valence-electron chi connectivity index (χ4n) is 2.44. The Morgan fingerprint density at radius 3 is 2.60 bits per heavy atom. The van der Waals surface area contributed by atoms with Gasteiger partial charge in [0.2, 0.25) is 0 Å². The van der Waals surface area contributed by atoms with Crippen LogP contribution in [0, 0.1) is 0 Å². The number of aromatic nitrogens is 1. The van der Waals surface area contributed by atoms with Gasteiger partial charge in [0, 0.05) is 23.4 Å². The monoisotopic (exact) mass is 319 g/mol. The summed E-state index contributed by atoms with van der Waals surface area (Å²) in [5.41, 5.74) is 0.234. The molecule has 5 nitrogen and oxygen atoms in total. The third-order valence-electron chi connectivity index (χ3n) is 3.53. The van der Waals surface area contributed by atoms with Crippen LogP contribution < -0.4 is 0 Å². The zero-order valence-corrected chi connectivity index (χ0v) is 12.9. The summed E-state index contributed by atoms with van der Waals surface area (Å²) < 4.78 is 29.6. The predicted molar refractivity (Wildman–Crippen MR) is 75.4 cm³/mol. The molecule has 1 aromatic heterocycles. The maximum Gasteiger partial charge on any atom is 0.355 e. The molecule has 0 unspecified atom stereocenters. The molecule has 0 saturated heterocycles. The van der Waals surface area contributed by atoms with E-state index in [1.54, 1.807) is 4.57 Å². The lowest BCUT2D eigenvalue weighted by molar-refractivity contribution is 0.0199. The lowest BCUT2D eigenvalue weighted by atomic mass is 9.98. The van der Waals surface area contributed by atoms with Crippen molar-refractivity contribution in [3.8, 4) is 0 Å². The summed E-state index contributed by atoms with van der Waals surface area (Å²) in [5.74, 6) is -0.481. The maximum absolute atomic E-state index is 12.2. The first-order chi connectivity index (χ1) is 9.41. The summed E-state index contributed by atoms with van der Waals surface area (Å²) >= 11 is 0. The molecule has 1 aromatic rings. The summed E-state index contributed by atoms with van der Waals surface area (Å²) in [6.45, 7) is 2.30. The normalized spacial score (nSPS) is 17.1. The molecule has 0 aromatic carbocycles. The summed E-state index contributed by atoms with van der Waals surface area (Å²) in [6, 6.07) is 1.27. The highest BCUT2D eigenvalue weighted by molar-refractivity contribution is 8.13. The molecule has 2 rings (SSSR count). The van der Waals surface area contributed by atoms with Crippen molar-refractivity contribution in [1.82, 2.24) is 4.57 Å². The van der Waals surface area contributed by atoms with Crippen LogP contribution in [-0.4, -0.2) is 25.1 Å². The third kappa shape index (κ3) is 3.55. The van der Waals surface area contributed by atoms with Crippen molar-refractivity contribution in [3.63, 3.8) is 0 Å². The highest BCUT2D eigenvalue weighted by atomic mass is 35.7. The van der Waals surface area contributed by atoms with Gasteiger partial charge in [0.25, 0.3) is 9.05 Å². The number of nitrogens with zero attached hydrogens (tertiary/aromatic N) is 1.